The van der Waals surface area contributed by atoms with Crippen LogP contribution in [0.1, 0.15) is 32.7 Å². The molecular formula is C23H23F3N4O3. The van der Waals surface area contributed by atoms with Crippen molar-refractivity contribution in [2.45, 2.75) is 26.9 Å². The van der Waals surface area contributed by atoms with E-state index in [0.717, 1.165) is 33.5 Å². The first-order valence-electron chi connectivity index (χ1n) is 9.96. The van der Waals surface area contributed by atoms with Crippen molar-refractivity contribution >= 4 is 17.5 Å². The lowest BCUT2D eigenvalue weighted by molar-refractivity contribution is -0.137. The van der Waals surface area contributed by atoms with Gasteiger partial charge >= 0.3 is 6.18 Å². The van der Waals surface area contributed by atoms with E-state index in [2.05, 4.69) is 15.7 Å². The standard InChI is InChI=1S/C23H23F3N4O3/c1-13-8-14(2)20(15(3)9-13)28-19(31)11-27-22(32)21-18(33-4)12-30(29-21)17-7-5-6-16(10-17)23(24,25)26/h5-10,12H,11H2,1-4H3,(H,27,32)(H,28,31). The molecule has 174 valence electrons. The Morgan fingerprint density at radius 1 is 1.09 bits per heavy atom. The highest BCUT2D eigenvalue weighted by molar-refractivity contribution is 6.00. The number of halogens is 3. The average Bonchev–Trinajstić information content (AvgIpc) is 3.19. The summed E-state index contributed by atoms with van der Waals surface area (Å²) in [4.78, 5) is 25.0. The van der Waals surface area contributed by atoms with Crippen LogP contribution in [0.5, 0.6) is 5.75 Å². The number of aromatic nitrogens is 2. The minimum Gasteiger partial charge on any atom is -0.493 e. The zero-order chi connectivity index (χ0) is 24.3. The molecule has 0 aliphatic rings. The molecular weight excluding hydrogens is 437 g/mol. The minimum absolute atomic E-state index is 0.0514. The Kier molecular flexibility index (Phi) is 6.75. The summed E-state index contributed by atoms with van der Waals surface area (Å²) in [6.07, 6.45) is -3.22. The first kappa shape index (κ1) is 23.8. The molecule has 0 unspecified atom stereocenters. The SMILES string of the molecule is COc1cn(-c2cccc(C(F)(F)F)c2)nc1C(=O)NCC(=O)Nc1c(C)cc(C)cc1C. The number of nitrogens with one attached hydrogen (secondary N) is 2. The quantitative estimate of drug-likeness (QED) is 0.578. The molecule has 2 amide bonds. The Morgan fingerprint density at radius 3 is 2.36 bits per heavy atom. The van der Waals surface area contributed by atoms with Crippen molar-refractivity contribution in [2.24, 2.45) is 0 Å². The van der Waals surface area contributed by atoms with Gasteiger partial charge in [0, 0.05) is 5.69 Å². The monoisotopic (exact) mass is 460 g/mol. The molecule has 0 bridgehead atoms. The lowest BCUT2D eigenvalue weighted by atomic mass is 10.1. The van der Waals surface area contributed by atoms with Gasteiger partial charge in [0.1, 0.15) is 0 Å². The Hall–Kier alpha value is -3.82. The Labute approximate surface area is 188 Å². The zero-order valence-electron chi connectivity index (χ0n) is 18.5. The van der Waals surface area contributed by atoms with E-state index in [1.165, 1.54) is 25.4 Å². The topological polar surface area (TPSA) is 85.2 Å². The summed E-state index contributed by atoms with van der Waals surface area (Å²) in [6.45, 7) is 5.38. The maximum atomic E-state index is 13.0. The minimum atomic E-state index is -4.52. The van der Waals surface area contributed by atoms with Crippen molar-refractivity contribution in [3.8, 4) is 11.4 Å². The van der Waals surface area contributed by atoms with E-state index in [4.69, 9.17) is 4.74 Å². The molecule has 0 saturated carbocycles. The van der Waals surface area contributed by atoms with Crippen LogP contribution in [0.25, 0.3) is 5.69 Å². The summed E-state index contributed by atoms with van der Waals surface area (Å²) in [7, 11) is 1.31. The molecule has 0 aliphatic carbocycles. The number of methoxy groups -OCH3 is 1. The second-order valence-corrected chi connectivity index (χ2v) is 7.54. The molecule has 0 atom stereocenters. The third kappa shape index (κ3) is 5.51. The van der Waals surface area contributed by atoms with E-state index in [-0.39, 0.29) is 23.7 Å². The molecule has 33 heavy (non-hydrogen) atoms. The number of alkyl halides is 3. The second kappa shape index (κ2) is 9.35. The van der Waals surface area contributed by atoms with Crippen molar-refractivity contribution in [1.82, 2.24) is 15.1 Å². The third-order valence-corrected chi connectivity index (χ3v) is 4.90. The molecule has 3 aromatic rings. The van der Waals surface area contributed by atoms with Gasteiger partial charge in [0.2, 0.25) is 5.91 Å². The number of nitrogens with zero attached hydrogens (tertiary/aromatic N) is 2. The summed E-state index contributed by atoms with van der Waals surface area (Å²) < 4.78 is 45.3. The summed E-state index contributed by atoms with van der Waals surface area (Å²) >= 11 is 0. The number of hydrogen-bond donors (Lipinski definition) is 2. The largest absolute Gasteiger partial charge is 0.493 e. The molecule has 2 N–H and O–H groups in total. The number of hydrogen-bond acceptors (Lipinski definition) is 4. The highest BCUT2D eigenvalue weighted by Gasteiger charge is 2.30. The fourth-order valence-corrected chi connectivity index (χ4v) is 3.43. The van der Waals surface area contributed by atoms with Crippen LogP contribution >= 0.6 is 0 Å². The lowest BCUT2D eigenvalue weighted by Crippen LogP contribution is -2.33. The molecule has 0 radical (unpaired) electrons. The van der Waals surface area contributed by atoms with Crippen LogP contribution in [-0.2, 0) is 11.0 Å². The first-order valence-corrected chi connectivity index (χ1v) is 9.96. The molecule has 10 heteroatoms. The normalized spacial score (nSPS) is 11.2. The van der Waals surface area contributed by atoms with E-state index >= 15 is 0 Å². The molecule has 1 aromatic heterocycles. The number of amides is 2. The average molecular weight is 460 g/mol. The predicted octanol–water partition coefficient (Wildman–Crippen LogP) is 4.19. The number of carbonyl (C=O) groups excluding carboxylic acids is 2. The van der Waals surface area contributed by atoms with Gasteiger partial charge in [-0.15, -0.1) is 0 Å². The smallest absolute Gasteiger partial charge is 0.416 e. The van der Waals surface area contributed by atoms with Gasteiger partial charge in [-0.3, -0.25) is 9.59 Å². The van der Waals surface area contributed by atoms with Gasteiger partial charge in [0.05, 0.1) is 31.1 Å². The second-order valence-electron chi connectivity index (χ2n) is 7.54. The first-order chi connectivity index (χ1) is 15.5. The number of rotatable bonds is 6. The van der Waals surface area contributed by atoms with Gasteiger partial charge in [0.15, 0.2) is 11.4 Å². The van der Waals surface area contributed by atoms with Crippen molar-refractivity contribution in [2.75, 3.05) is 19.0 Å². The van der Waals surface area contributed by atoms with Crippen LogP contribution in [-0.4, -0.2) is 35.2 Å². The maximum Gasteiger partial charge on any atom is 0.416 e. The van der Waals surface area contributed by atoms with E-state index in [1.807, 2.05) is 32.9 Å². The molecule has 7 nitrogen and oxygen atoms in total. The lowest BCUT2D eigenvalue weighted by Gasteiger charge is -2.13. The van der Waals surface area contributed by atoms with Crippen LogP contribution in [0.3, 0.4) is 0 Å². The van der Waals surface area contributed by atoms with Crippen molar-refractivity contribution in [3.05, 3.63) is 70.5 Å². The maximum absolute atomic E-state index is 13.0. The fourth-order valence-electron chi connectivity index (χ4n) is 3.43. The van der Waals surface area contributed by atoms with Gasteiger partial charge in [-0.1, -0.05) is 23.8 Å². The van der Waals surface area contributed by atoms with Gasteiger partial charge in [-0.25, -0.2) is 4.68 Å². The fraction of sp³-hybridized carbons (Fsp3) is 0.261. The van der Waals surface area contributed by atoms with Crippen LogP contribution in [0.4, 0.5) is 18.9 Å². The van der Waals surface area contributed by atoms with Crippen LogP contribution in [0.2, 0.25) is 0 Å². The van der Waals surface area contributed by atoms with E-state index in [0.29, 0.717) is 5.69 Å². The van der Waals surface area contributed by atoms with Gasteiger partial charge in [-0.05, 0) is 50.1 Å². The summed E-state index contributed by atoms with van der Waals surface area (Å²) in [5.41, 5.74) is 2.63. The molecule has 0 spiro atoms. The summed E-state index contributed by atoms with van der Waals surface area (Å²) in [5, 5.41) is 9.29. The Bertz CT molecular complexity index is 1180. The Balaban J connectivity index is 1.73. The van der Waals surface area contributed by atoms with Gasteiger partial charge < -0.3 is 15.4 Å². The Morgan fingerprint density at radius 2 is 1.76 bits per heavy atom. The van der Waals surface area contributed by atoms with E-state index in [1.54, 1.807) is 0 Å². The van der Waals surface area contributed by atoms with Gasteiger partial charge in [-0.2, -0.15) is 18.3 Å². The molecule has 0 fully saturated rings. The summed E-state index contributed by atoms with van der Waals surface area (Å²) in [6, 6.07) is 8.38. The van der Waals surface area contributed by atoms with Crippen LogP contribution in [0.15, 0.2) is 42.6 Å². The zero-order valence-corrected chi connectivity index (χ0v) is 18.5. The number of aryl methyl sites for hydroxylation is 3. The van der Waals surface area contributed by atoms with E-state index in [9.17, 15) is 22.8 Å². The van der Waals surface area contributed by atoms with E-state index < -0.39 is 23.6 Å². The molecule has 0 saturated heterocycles. The van der Waals surface area contributed by atoms with Crippen molar-refractivity contribution in [3.63, 3.8) is 0 Å². The van der Waals surface area contributed by atoms with Crippen molar-refractivity contribution in [1.29, 1.82) is 0 Å². The van der Waals surface area contributed by atoms with Crippen LogP contribution < -0.4 is 15.4 Å². The van der Waals surface area contributed by atoms with Crippen molar-refractivity contribution < 1.29 is 27.5 Å². The predicted molar refractivity (Wildman–Crippen MR) is 117 cm³/mol. The number of carbonyl (C=O) groups is 2. The molecule has 2 aromatic carbocycles. The number of benzene rings is 2. The molecule has 0 aliphatic heterocycles. The molecule has 1 heterocycles. The van der Waals surface area contributed by atoms with Gasteiger partial charge in [0.25, 0.3) is 5.91 Å². The highest BCUT2D eigenvalue weighted by Crippen LogP contribution is 2.30. The highest BCUT2D eigenvalue weighted by atomic mass is 19.4. The third-order valence-electron chi connectivity index (χ3n) is 4.90. The number of ether oxygens (including phenoxy) is 1. The van der Waals surface area contributed by atoms with Crippen LogP contribution in [0, 0.1) is 20.8 Å². The molecule has 3 rings (SSSR count). The number of anilines is 1. The summed E-state index contributed by atoms with van der Waals surface area (Å²) in [5.74, 6) is -1.09.